The number of rotatable bonds is 4. The van der Waals surface area contributed by atoms with Crippen LogP contribution >= 0.6 is 0 Å². The monoisotopic (exact) mass is 664 g/mol. The van der Waals surface area contributed by atoms with E-state index in [4.69, 9.17) is 19.4 Å². The van der Waals surface area contributed by atoms with Gasteiger partial charge < -0.3 is 8.98 Å². The third kappa shape index (κ3) is 4.33. The average Bonchev–Trinajstić information content (AvgIpc) is 3.76. The molecule has 0 aliphatic rings. The van der Waals surface area contributed by atoms with E-state index >= 15 is 0 Å². The Balaban J connectivity index is 1.22. The molecule has 0 unspecified atom stereocenters. The zero-order chi connectivity index (χ0) is 34.2. The number of nitrogens with zero attached hydrogens (tertiary/aromatic N) is 4. The molecular formula is C47H28N4O. The summed E-state index contributed by atoms with van der Waals surface area (Å²) >= 11 is 0. The SMILES string of the molecule is c1ccc(-c2nc(-c3cccc4c3oc3cc5ccccc5cc34)nc(-c3cccc4c3c3ccc5ccccc5c3n4-c3ccccc3)n2)cc1. The summed E-state index contributed by atoms with van der Waals surface area (Å²) in [7, 11) is 0. The number of aromatic nitrogens is 4. The lowest BCUT2D eigenvalue weighted by atomic mass is 10.0. The maximum Gasteiger partial charge on any atom is 0.167 e. The minimum Gasteiger partial charge on any atom is -0.455 e. The van der Waals surface area contributed by atoms with Crippen LogP contribution in [0.3, 0.4) is 0 Å². The van der Waals surface area contributed by atoms with E-state index in [1.54, 1.807) is 0 Å². The van der Waals surface area contributed by atoms with Crippen LogP contribution in [-0.2, 0) is 0 Å². The molecule has 0 bridgehead atoms. The van der Waals surface area contributed by atoms with Gasteiger partial charge in [0.05, 0.1) is 16.6 Å². The van der Waals surface area contributed by atoms with Gasteiger partial charge in [0.2, 0.25) is 0 Å². The van der Waals surface area contributed by atoms with Crippen molar-refractivity contribution < 1.29 is 4.42 Å². The molecule has 0 amide bonds. The minimum atomic E-state index is 0.562. The number of hydrogen-bond acceptors (Lipinski definition) is 4. The Bertz CT molecular complexity index is 3180. The second kappa shape index (κ2) is 11.2. The molecule has 0 spiro atoms. The van der Waals surface area contributed by atoms with Gasteiger partial charge in [-0.15, -0.1) is 0 Å². The van der Waals surface area contributed by atoms with Gasteiger partial charge in [0.15, 0.2) is 17.5 Å². The third-order valence-corrected chi connectivity index (χ3v) is 10.2. The van der Waals surface area contributed by atoms with E-state index < -0.39 is 0 Å². The first-order valence-corrected chi connectivity index (χ1v) is 17.5. The molecule has 0 saturated heterocycles. The molecule has 11 aromatic rings. The van der Waals surface area contributed by atoms with Crippen LogP contribution in [0.5, 0.6) is 0 Å². The molecule has 0 fully saturated rings. The van der Waals surface area contributed by atoms with E-state index in [9.17, 15) is 0 Å². The molecule has 52 heavy (non-hydrogen) atoms. The summed E-state index contributed by atoms with van der Waals surface area (Å²) in [4.78, 5) is 15.6. The Kier molecular flexibility index (Phi) is 6.18. The average molecular weight is 665 g/mol. The van der Waals surface area contributed by atoms with E-state index in [-0.39, 0.29) is 0 Å². The highest BCUT2D eigenvalue weighted by atomic mass is 16.3. The summed E-state index contributed by atoms with van der Waals surface area (Å²) < 4.78 is 9.03. The fourth-order valence-corrected chi connectivity index (χ4v) is 7.85. The lowest BCUT2D eigenvalue weighted by Gasteiger charge is -2.11. The normalized spacial score (nSPS) is 11.8. The second-order valence-electron chi connectivity index (χ2n) is 13.2. The predicted octanol–water partition coefficient (Wildman–Crippen LogP) is 12.2. The molecule has 3 heterocycles. The molecular weight excluding hydrogens is 637 g/mol. The Morgan fingerprint density at radius 3 is 1.88 bits per heavy atom. The number of para-hydroxylation sites is 2. The van der Waals surface area contributed by atoms with Crippen LogP contribution < -0.4 is 0 Å². The topological polar surface area (TPSA) is 56.7 Å². The summed E-state index contributed by atoms with van der Waals surface area (Å²) in [5, 5.41) is 9.03. The van der Waals surface area contributed by atoms with Gasteiger partial charge in [0, 0.05) is 43.7 Å². The van der Waals surface area contributed by atoms with Gasteiger partial charge in [0.1, 0.15) is 11.2 Å². The Morgan fingerprint density at radius 2 is 1.06 bits per heavy atom. The van der Waals surface area contributed by atoms with Gasteiger partial charge in [-0.3, -0.25) is 0 Å². The van der Waals surface area contributed by atoms with Crippen LogP contribution in [0.25, 0.3) is 105 Å². The third-order valence-electron chi connectivity index (χ3n) is 10.2. The van der Waals surface area contributed by atoms with Crippen LogP contribution in [0.1, 0.15) is 0 Å². The summed E-state index contributed by atoms with van der Waals surface area (Å²) in [6, 6.07) is 59.1. The largest absolute Gasteiger partial charge is 0.455 e. The van der Waals surface area contributed by atoms with Crippen molar-refractivity contribution in [1.82, 2.24) is 19.5 Å². The molecule has 0 atom stereocenters. The maximum atomic E-state index is 6.65. The quantitative estimate of drug-likeness (QED) is 0.188. The first-order valence-electron chi connectivity index (χ1n) is 17.5. The molecule has 0 saturated carbocycles. The Labute approximate surface area is 298 Å². The molecule has 8 aromatic carbocycles. The maximum absolute atomic E-state index is 6.65. The number of benzene rings is 8. The van der Waals surface area contributed by atoms with E-state index in [1.165, 1.54) is 16.2 Å². The van der Waals surface area contributed by atoms with Crippen LogP contribution in [0.2, 0.25) is 0 Å². The minimum absolute atomic E-state index is 0.562. The highest BCUT2D eigenvalue weighted by Gasteiger charge is 2.22. The van der Waals surface area contributed by atoms with Crippen LogP contribution in [-0.4, -0.2) is 19.5 Å². The standard InChI is InChI=1S/C47H28N4O/c1-3-14-30(15-4-1)45-48-46(50-47(49-45)38-23-11-21-35-39-27-31-16-7-8-17-32(31)28-41(39)52-44(35)38)37-22-12-24-40-42(37)36-26-25-29-13-9-10-20-34(29)43(36)51(40)33-18-5-2-6-19-33/h1-28H. The number of furan rings is 1. The van der Waals surface area contributed by atoms with Crippen molar-refractivity contribution in [3.05, 3.63) is 170 Å². The first kappa shape index (κ1) is 28.7. The van der Waals surface area contributed by atoms with Gasteiger partial charge in [-0.05, 0) is 52.6 Å². The molecule has 0 radical (unpaired) electrons. The summed E-state index contributed by atoms with van der Waals surface area (Å²) in [6.07, 6.45) is 0. The van der Waals surface area contributed by atoms with Crippen LogP contribution in [0.4, 0.5) is 0 Å². The lowest BCUT2D eigenvalue weighted by molar-refractivity contribution is 0.670. The number of hydrogen-bond donors (Lipinski definition) is 0. The Morgan fingerprint density at radius 1 is 0.423 bits per heavy atom. The molecule has 0 aliphatic carbocycles. The van der Waals surface area contributed by atoms with Crippen molar-refractivity contribution in [3.8, 4) is 39.9 Å². The van der Waals surface area contributed by atoms with Gasteiger partial charge in [-0.25, -0.2) is 15.0 Å². The molecule has 0 aliphatic heterocycles. The fraction of sp³-hybridized carbons (Fsp3) is 0. The van der Waals surface area contributed by atoms with Crippen molar-refractivity contribution in [1.29, 1.82) is 0 Å². The Hall–Kier alpha value is -7.11. The van der Waals surface area contributed by atoms with Gasteiger partial charge in [0.25, 0.3) is 0 Å². The zero-order valence-electron chi connectivity index (χ0n) is 27.9. The van der Waals surface area contributed by atoms with Crippen molar-refractivity contribution >= 4 is 65.3 Å². The van der Waals surface area contributed by atoms with E-state index in [1.807, 2.05) is 36.4 Å². The zero-order valence-corrected chi connectivity index (χ0v) is 27.9. The summed E-state index contributed by atoms with van der Waals surface area (Å²) in [5.41, 5.74) is 7.62. The molecule has 5 heteroatoms. The summed E-state index contributed by atoms with van der Waals surface area (Å²) in [5.74, 6) is 1.77. The highest BCUT2D eigenvalue weighted by molar-refractivity contribution is 6.22. The molecule has 5 nitrogen and oxygen atoms in total. The van der Waals surface area contributed by atoms with Gasteiger partial charge >= 0.3 is 0 Å². The smallest absolute Gasteiger partial charge is 0.167 e. The fourth-order valence-electron chi connectivity index (χ4n) is 7.85. The first-order chi connectivity index (χ1) is 25.8. The predicted molar refractivity (Wildman–Crippen MR) is 213 cm³/mol. The van der Waals surface area contributed by atoms with Crippen molar-refractivity contribution in [2.45, 2.75) is 0 Å². The van der Waals surface area contributed by atoms with Crippen LogP contribution in [0, 0.1) is 0 Å². The molecule has 0 N–H and O–H groups in total. The van der Waals surface area contributed by atoms with Crippen molar-refractivity contribution in [2.24, 2.45) is 0 Å². The van der Waals surface area contributed by atoms with E-state index in [0.717, 1.165) is 71.5 Å². The van der Waals surface area contributed by atoms with Crippen molar-refractivity contribution in [3.63, 3.8) is 0 Å². The van der Waals surface area contributed by atoms with Gasteiger partial charge in [-0.1, -0.05) is 133 Å². The van der Waals surface area contributed by atoms with Crippen LogP contribution in [0.15, 0.2) is 174 Å². The summed E-state index contributed by atoms with van der Waals surface area (Å²) in [6.45, 7) is 0. The van der Waals surface area contributed by atoms with E-state index in [2.05, 4.69) is 138 Å². The number of fused-ring (bicyclic) bond motifs is 9. The molecule has 11 rings (SSSR count). The molecule has 3 aromatic heterocycles. The lowest BCUT2D eigenvalue weighted by Crippen LogP contribution is -2.00. The van der Waals surface area contributed by atoms with E-state index in [0.29, 0.717) is 17.5 Å². The second-order valence-corrected chi connectivity index (χ2v) is 13.2. The van der Waals surface area contributed by atoms with Gasteiger partial charge in [-0.2, -0.15) is 0 Å². The highest BCUT2D eigenvalue weighted by Crippen LogP contribution is 2.42. The molecule has 242 valence electrons. The van der Waals surface area contributed by atoms with Crippen molar-refractivity contribution in [2.75, 3.05) is 0 Å².